The molecule has 132 valence electrons. The van der Waals surface area contributed by atoms with Gasteiger partial charge >= 0.3 is 0 Å². The highest BCUT2D eigenvalue weighted by Crippen LogP contribution is 2.29. The number of sulfone groups is 1. The Labute approximate surface area is 143 Å². The van der Waals surface area contributed by atoms with E-state index in [2.05, 4.69) is 0 Å². The second kappa shape index (κ2) is 7.13. The fourth-order valence-electron chi connectivity index (χ4n) is 3.89. The van der Waals surface area contributed by atoms with Crippen molar-refractivity contribution in [2.45, 2.75) is 50.6 Å². The number of nitrogens with zero attached hydrogens (tertiary/aromatic N) is 1. The van der Waals surface area contributed by atoms with Gasteiger partial charge in [-0.3, -0.25) is 4.79 Å². The average Bonchev–Trinajstić information content (AvgIpc) is 3.18. The smallest absolute Gasteiger partial charge is 0.227 e. The fraction of sp³-hybridized carbons (Fsp3) is 0.611. The van der Waals surface area contributed by atoms with Crippen LogP contribution in [0.15, 0.2) is 24.3 Å². The molecule has 1 aliphatic carbocycles. The van der Waals surface area contributed by atoms with Crippen LogP contribution in [0, 0.1) is 0 Å². The zero-order valence-electron chi connectivity index (χ0n) is 14.1. The molecule has 6 heteroatoms. The minimum atomic E-state index is -3.00. The molecule has 1 saturated heterocycles. The lowest BCUT2D eigenvalue weighted by molar-refractivity contribution is -0.134. The normalized spacial score (nSPS) is 23.3. The molecule has 1 aliphatic heterocycles. The minimum absolute atomic E-state index is 0.0502. The van der Waals surface area contributed by atoms with Crippen molar-refractivity contribution in [3.8, 4) is 5.75 Å². The van der Waals surface area contributed by atoms with Crippen LogP contribution >= 0.6 is 0 Å². The highest BCUT2D eigenvalue weighted by atomic mass is 32.2. The number of ether oxygens (including phenoxy) is 1. The van der Waals surface area contributed by atoms with E-state index in [0.717, 1.165) is 37.0 Å². The Morgan fingerprint density at radius 2 is 1.79 bits per heavy atom. The summed E-state index contributed by atoms with van der Waals surface area (Å²) in [6.45, 7) is 0. The predicted molar refractivity (Wildman–Crippen MR) is 92.9 cm³/mol. The maximum Gasteiger partial charge on any atom is 0.227 e. The molecule has 0 aromatic heterocycles. The van der Waals surface area contributed by atoms with Gasteiger partial charge in [0.1, 0.15) is 5.75 Å². The quantitative estimate of drug-likeness (QED) is 0.816. The molecule has 0 N–H and O–H groups in total. The van der Waals surface area contributed by atoms with E-state index < -0.39 is 9.84 Å². The summed E-state index contributed by atoms with van der Waals surface area (Å²) < 4.78 is 28.9. The number of benzene rings is 1. The average molecular weight is 351 g/mol. The number of carbonyl (C=O) groups is 1. The number of carbonyl (C=O) groups excluding carboxylic acids is 1. The third-order valence-electron chi connectivity index (χ3n) is 5.12. The van der Waals surface area contributed by atoms with Crippen molar-refractivity contribution in [3.05, 3.63) is 29.8 Å². The van der Waals surface area contributed by atoms with Crippen molar-refractivity contribution in [1.82, 2.24) is 4.90 Å². The molecule has 0 spiro atoms. The van der Waals surface area contributed by atoms with E-state index >= 15 is 0 Å². The van der Waals surface area contributed by atoms with E-state index in [-0.39, 0.29) is 29.5 Å². The molecule has 1 saturated carbocycles. The summed E-state index contributed by atoms with van der Waals surface area (Å²) in [5.41, 5.74) is 0.935. The molecule has 2 fully saturated rings. The van der Waals surface area contributed by atoms with Crippen molar-refractivity contribution in [2.75, 3.05) is 18.6 Å². The van der Waals surface area contributed by atoms with Crippen LogP contribution in [-0.4, -0.2) is 49.9 Å². The van der Waals surface area contributed by atoms with E-state index in [1.807, 2.05) is 29.2 Å². The third-order valence-corrected chi connectivity index (χ3v) is 6.87. The van der Waals surface area contributed by atoms with Crippen molar-refractivity contribution < 1.29 is 17.9 Å². The molecule has 0 radical (unpaired) electrons. The summed E-state index contributed by atoms with van der Waals surface area (Å²) in [6.07, 6.45) is 5.12. The van der Waals surface area contributed by atoms with Crippen LogP contribution in [0.25, 0.3) is 0 Å². The van der Waals surface area contributed by atoms with Crippen LogP contribution in [0.2, 0.25) is 0 Å². The van der Waals surface area contributed by atoms with E-state index in [4.69, 9.17) is 4.74 Å². The predicted octanol–water partition coefficient (Wildman–Crippen LogP) is 2.20. The fourth-order valence-corrected chi connectivity index (χ4v) is 5.60. The molecule has 0 bridgehead atoms. The molecular weight excluding hydrogens is 326 g/mol. The molecule has 2 aliphatic rings. The van der Waals surface area contributed by atoms with E-state index in [1.54, 1.807) is 7.11 Å². The third kappa shape index (κ3) is 3.91. The van der Waals surface area contributed by atoms with Crippen LogP contribution in [0.4, 0.5) is 0 Å². The highest BCUT2D eigenvalue weighted by molar-refractivity contribution is 7.91. The van der Waals surface area contributed by atoms with Crippen LogP contribution in [0.1, 0.15) is 37.7 Å². The number of hydrogen-bond donors (Lipinski definition) is 0. The molecular formula is C18H25NO4S. The first-order chi connectivity index (χ1) is 11.5. The van der Waals surface area contributed by atoms with Gasteiger partial charge in [0.15, 0.2) is 9.84 Å². The molecule has 1 atom stereocenters. The van der Waals surface area contributed by atoms with Gasteiger partial charge in [0.2, 0.25) is 5.91 Å². The molecule has 1 aromatic carbocycles. The van der Waals surface area contributed by atoms with Crippen molar-refractivity contribution >= 4 is 15.7 Å². The van der Waals surface area contributed by atoms with Gasteiger partial charge in [-0.1, -0.05) is 25.0 Å². The first-order valence-corrected chi connectivity index (χ1v) is 10.5. The lowest BCUT2D eigenvalue weighted by atomic mass is 10.1. The van der Waals surface area contributed by atoms with Crippen molar-refractivity contribution in [2.24, 2.45) is 0 Å². The topological polar surface area (TPSA) is 63.7 Å². The zero-order valence-corrected chi connectivity index (χ0v) is 14.9. The molecule has 1 amide bonds. The highest BCUT2D eigenvalue weighted by Gasteiger charge is 2.38. The summed E-state index contributed by atoms with van der Waals surface area (Å²) in [5.74, 6) is 1.14. The lowest BCUT2D eigenvalue weighted by Crippen LogP contribution is -2.47. The number of methoxy groups -OCH3 is 1. The second-order valence-corrected chi connectivity index (χ2v) is 9.05. The van der Waals surface area contributed by atoms with Crippen LogP contribution in [-0.2, 0) is 21.1 Å². The SMILES string of the molecule is COc1ccc(CC(=O)N(C2CCCC2)C2CCS(=O)(=O)C2)cc1. The van der Waals surface area contributed by atoms with Crippen LogP contribution in [0.3, 0.4) is 0 Å². The second-order valence-electron chi connectivity index (χ2n) is 6.82. The Morgan fingerprint density at radius 1 is 1.12 bits per heavy atom. The van der Waals surface area contributed by atoms with Gasteiger partial charge in [-0.2, -0.15) is 0 Å². The van der Waals surface area contributed by atoms with Gasteiger partial charge in [-0.15, -0.1) is 0 Å². The van der Waals surface area contributed by atoms with Gasteiger partial charge in [0.25, 0.3) is 0 Å². The lowest BCUT2D eigenvalue weighted by Gasteiger charge is -2.34. The Balaban J connectivity index is 1.75. The monoisotopic (exact) mass is 351 g/mol. The maximum atomic E-state index is 13.0. The molecule has 3 rings (SSSR count). The largest absolute Gasteiger partial charge is 0.497 e. The van der Waals surface area contributed by atoms with Crippen LogP contribution < -0.4 is 4.74 Å². The first kappa shape index (κ1) is 17.3. The van der Waals surface area contributed by atoms with Gasteiger partial charge in [-0.25, -0.2) is 8.42 Å². The van der Waals surface area contributed by atoms with Gasteiger partial charge in [0, 0.05) is 12.1 Å². The summed E-state index contributed by atoms with van der Waals surface area (Å²) in [6, 6.07) is 7.55. The Bertz CT molecular complexity index is 677. The van der Waals surface area contributed by atoms with Gasteiger partial charge in [-0.05, 0) is 37.0 Å². The van der Waals surface area contributed by atoms with E-state index in [9.17, 15) is 13.2 Å². The van der Waals surface area contributed by atoms with Gasteiger partial charge in [0.05, 0.1) is 25.0 Å². The Hall–Kier alpha value is -1.56. The van der Waals surface area contributed by atoms with E-state index in [0.29, 0.717) is 12.8 Å². The summed E-state index contributed by atoms with van der Waals surface area (Å²) in [7, 11) is -1.38. The standard InChI is InChI=1S/C18H25NO4S/c1-23-17-8-6-14(7-9-17)12-18(20)19(15-4-2-3-5-15)16-10-11-24(21,22)13-16/h6-9,15-16H,2-5,10-13H2,1H3. The number of rotatable bonds is 5. The Kier molecular flexibility index (Phi) is 5.13. The number of hydrogen-bond acceptors (Lipinski definition) is 4. The van der Waals surface area contributed by atoms with E-state index in [1.165, 1.54) is 0 Å². The van der Waals surface area contributed by atoms with Crippen molar-refractivity contribution in [3.63, 3.8) is 0 Å². The summed E-state index contributed by atoms with van der Waals surface area (Å²) >= 11 is 0. The number of amides is 1. The minimum Gasteiger partial charge on any atom is -0.497 e. The summed E-state index contributed by atoms with van der Waals surface area (Å²) in [5, 5.41) is 0. The molecule has 1 heterocycles. The van der Waals surface area contributed by atoms with Gasteiger partial charge < -0.3 is 9.64 Å². The molecule has 24 heavy (non-hydrogen) atoms. The maximum absolute atomic E-state index is 13.0. The Morgan fingerprint density at radius 3 is 2.33 bits per heavy atom. The van der Waals surface area contributed by atoms with Crippen molar-refractivity contribution in [1.29, 1.82) is 0 Å². The summed E-state index contributed by atoms with van der Waals surface area (Å²) in [4.78, 5) is 14.9. The molecule has 5 nitrogen and oxygen atoms in total. The van der Waals surface area contributed by atoms with Crippen LogP contribution in [0.5, 0.6) is 5.75 Å². The first-order valence-electron chi connectivity index (χ1n) is 8.63. The molecule has 1 unspecified atom stereocenters. The molecule has 1 aromatic rings. The zero-order chi connectivity index (χ0) is 17.2.